The van der Waals surface area contributed by atoms with Crippen LogP contribution >= 0.6 is 23.1 Å². The second-order valence-corrected chi connectivity index (χ2v) is 4.34. The van der Waals surface area contributed by atoms with Crippen LogP contribution in [-0.4, -0.2) is 21.2 Å². The van der Waals surface area contributed by atoms with Crippen molar-refractivity contribution in [2.75, 3.05) is 12.0 Å². The highest BCUT2D eigenvalue weighted by atomic mass is 32.2. The Morgan fingerprint density at radius 3 is 3.00 bits per heavy atom. The van der Waals surface area contributed by atoms with Gasteiger partial charge in [0.2, 0.25) is 5.95 Å². The van der Waals surface area contributed by atoms with E-state index in [-0.39, 0.29) is 11.5 Å². The number of thioether (sulfide) groups is 1. The van der Waals surface area contributed by atoms with Crippen LogP contribution in [-0.2, 0) is 0 Å². The van der Waals surface area contributed by atoms with Crippen LogP contribution < -0.4 is 11.3 Å². The van der Waals surface area contributed by atoms with Crippen molar-refractivity contribution < 1.29 is 0 Å². The second-order valence-electron chi connectivity index (χ2n) is 2.29. The normalized spacial score (nSPS) is 10.8. The zero-order valence-corrected chi connectivity index (χ0v) is 8.33. The zero-order chi connectivity index (χ0) is 9.42. The predicted molar refractivity (Wildman–Crippen MR) is 54.2 cm³/mol. The average molecular weight is 214 g/mol. The van der Waals surface area contributed by atoms with E-state index in [2.05, 4.69) is 15.0 Å². The molecule has 0 aromatic carbocycles. The SMILES string of the molecule is CSc1nc2nc(N)[nH]c(=O)c2s1. The standard InChI is InChI=1S/C6H6N4OS2/c1-12-6-9-3-2(13-6)4(11)10-5(7)8-3/h1H3,(H3,7,8,10,11). The van der Waals surface area contributed by atoms with E-state index in [1.807, 2.05) is 6.26 Å². The minimum atomic E-state index is -0.222. The van der Waals surface area contributed by atoms with Gasteiger partial charge in [0.15, 0.2) is 9.99 Å². The van der Waals surface area contributed by atoms with E-state index in [1.165, 1.54) is 23.1 Å². The summed E-state index contributed by atoms with van der Waals surface area (Å²) in [6.07, 6.45) is 1.90. The first-order valence-corrected chi connectivity index (χ1v) is 5.45. The molecule has 0 amide bonds. The Morgan fingerprint density at radius 1 is 1.54 bits per heavy atom. The number of hydrogen-bond acceptors (Lipinski definition) is 6. The highest BCUT2D eigenvalue weighted by molar-refractivity contribution is 8.00. The van der Waals surface area contributed by atoms with Crippen LogP contribution in [0.1, 0.15) is 0 Å². The van der Waals surface area contributed by atoms with E-state index >= 15 is 0 Å². The van der Waals surface area contributed by atoms with Crippen LogP contribution in [0.5, 0.6) is 0 Å². The molecule has 0 radical (unpaired) electrons. The molecule has 5 nitrogen and oxygen atoms in total. The summed E-state index contributed by atoms with van der Waals surface area (Å²) < 4.78 is 1.34. The molecule has 0 atom stereocenters. The Labute approximate surface area is 81.4 Å². The minimum absolute atomic E-state index is 0.107. The van der Waals surface area contributed by atoms with Gasteiger partial charge in [0.1, 0.15) is 4.70 Å². The Balaban J connectivity index is 2.83. The van der Waals surface area contributed by atoms with Gasteiger partial charge in [-0.2, -0.15) is 4.98 Å². The van der Waals surface area contributed by atoms with Crippen molar-refractivity contribution >= 4 is 39.4 Å². The fourth-order valence-electron chi connectivity index (χ4n) is 0.919. The number of nitrogen functional groups attached to an aromatic ring is 1. The summed E-state index contributed by atoms with van der Waals surface area (Å²) in [4.78, 5) is 21.8. The number of aromatic amines is 1. The van der Waals surface area contributed by atoms with Gasteiger partial charge in [-0.1, -0.05) is 11.8 Å². The molecule has 68 valence electrons. The number of nitrogens with two attached hydrogens (primary N) is 1. The van der Waals surface area contributed by atoms with E-state index in [0.29, 0.717) is 10.3 Å². The molecule has 2 rings (SSSR count). The maximum atomic E-state index is 11.3. The first kappa shape index (κ1) is 8.52. The van der Waals surface area contributed by atoms with Gasteiger partial charge in [-0.05, 0) is 6.26 Å². The fraction of sp³-hybridized carbons (Fsp3) is 0.167. The molecule has 13 heavy (non-hydrogen) atoms. The van der Waals surface area contributed by atoms with Crippen molar-refractivity contribution in [2.24, 2.45) is 0 Å². The summed E-state index contributed by atoms with van der Waals surface area (Å²) in [5.41, 5.74) is 5.57. The summed E-state index contributed by atoms with van der Waals surface area (Å²) in [5, 5.41) is 0. The third-order valence-electron chi connectivity index (χ3n) is 1.44. The number of fused-ring (bicyclic) bond motifs is 1. The molecule has 0 spiro atoms. The number of thiazole rings is 1. The quantitative estimate of drug-likeness (QED) is 0.682. The van der Waals surface area contributed by atoms with Gasteiger partial charge >= 0.3 is 0 Å². The molecule has 0 bridgehead atoms. The van der Waals surface area contributed by atoms with Gasteiger partial charge in [0.25, 0.3) is 5.56 Å². The molecule has 2 aromatic rings. The molecule has 2 aromatic heterocycles. The second kappa shape index (κ2) is 3.00. The summed E-state index contributed by atoms with van der Waals surface area (Å²) in [6.45, 7) is 0. The monoisotopic (exact) mass is 214 g/mol. The Kier molecular flexibility index (Phi) is 1.97. The van der Waals surface area contributed by atoms with Crippen molar-refractivity contribution in [1.82, 2.24) is 15.0 Å². The number of aromatic nitrogens is 3. The third-order valence-corrected chi connectivity index (χ3v) is 3.47. The van der Waals surface area contributed by atoms with Gasteiger partial charge in [-0.25, -0.2) is 4.98 Å². The fourth-order valence-corrected chi connectivity index (χ4v) is 2.31. The van der Waals surface area contributed by atoms with Crippen LogP contribution in [0.25, 0.3) is 10.3 Å². The van der Waals surface area contributed by atoms with Gasteiger partial charge in [0.05, 0.1) is 0 Å². The van der Waals surface area contributed by atoms with Crippen LogP contribution in [0, 0.1) is 0 Å². The highest BCUT2D eigenvalue weighted by Gasteiger charge is 2.08. The molecule has 0 saturated carbocycles. The molecule has 3 N–H and O–H groups in total. The molecule has 0 unspecified atom stereocenters. The minimum Gasteiger partial charge on any atom is -0.369 e. The van der Waals surface area contributed by atoms with E-state index in [9.17, 15) is 4.79 Å². The Bertz CT molecular complexity index is 503. The van der Waals surface area contributed by atoms with Crippen LogP contribution in [0.4, 0.5) is 5.95 Å². The molecular formula is C6H6N4OS2. The smallest absolute Gasteiger partial charge is 0.272 e. The lowest BCUT2D eigenvalue weighted by molar-refractivity contribution is 1.16. The number of nitrogens with one attached hydrogen (secondary N) is 1. The van der Waals surface area contributed by atoms with E-state index < -0.39 is 0 Å². The number of rotatable bonds is 1. The summed E-state index contributed by atoms with van der Waals surface area (Å²) >= 11 is 2.81. The first-order chi connectivity index (χ1) is 6.20. The van der Waals surface area contributed by atoms with Crippen molar-refractivity contribution in [3.8, 4) is 0 Å². The van der Waals surface area contributed by atoms with Gasteiger partial charge < -0.3 is 5.73 Å². The van der Waals surface area contributed by atoms with E-state index in [1.54, 1.807) is 0 Å². The largest absolute Gasteiger partial charge is 0.369 e. The van der Waals surface area contributed by atoms with Crippen LogP contribution in [0.3, 0.4) is 0 Å². The van der Waals surface area contributed by atoms with Crippen molar-refractivity contribution in [3.05, 3.63) is 10.4 Å². The van der Waals surface area contributed by atoms with Gasteiger partial charge in [-0.15, -0.1) is 11.3 Å². The lowest BCUT2D eigenvalue weighted by Gasteiger charge is -1.88. The van der Waals surface area contributed by atoms with Gasteiger partial charge in [-0.3, -0.25) is 9.78 Å². The molecule has 0 fully saturated rings. The summed E-state index contributed by atoms with van der Waals surface area (Å²) in [7, 11) is 0. The Hall–Kier alpha value is -1.08. The summed E-state index contributed by atoms with van der Waals surface area (Å²) in [5.74, 6) is 0.107. The first-order valence-electron chi connectivity index (χ1n) is 3.41. The van der Waals surface area contributed by atoms with Crippen molar-refractivity contribution in [2.45, 2.75) is 4.34 Å². The molecule has 0 saturated heterocycles. The molecule has 2 heterocycles. The predicted octanol–water partition coefficient (Wildman–Crippen LogP) is 0.684. The van der Waals surface area contributed by atoms with Crippen LogP contribution in [0.2, 0.25) is 0 Å². The molecule has 0 aliphatic heterocycles. The van der Waals surface area contributed by atoms with E-state index in [0.717, 1.165) is 4.34 Å². The van der Waals surface area contributed by atoms with Crippen molar-refractivity contribution in [3.63, 3.8) is 0 Å². The average Bonchev–Trinajstić information content (AvgIpc) is 2.47. The molecule has 7 heteroatoms. The summed E-state index contributed by atoms with van der Waals surface area (Å²) in [6, 6.07) is 0. The number of anilines is 1. The molecule has 0 aliphatic rings. The lowest BCUT2D eigenvalue weighted by atomic mass is 10.6. The molecule has 0 aliphatic carbocycles. The maximum absolute atomic E-state index is 11.3. The maximum Gasteiger partial charge on any atom is 0.272 e. The van der Waals surface area contributed by atoms with Crippen LogP contribution in [0.15, 0.2) is 9.13 Å². The Morgan fingerprint density at radius 2 is 2.31 bits per heavy atom. The highest BCUT2D eigenvalue weighted by Crippen LogP contribution is 2.24. The van der Waals surface area contributed by atoms with E-state index in [4.69, 9.17) is 5.73 Å². The number of hydrogen-bond donors (Lipinski definition) is 2. The lowest BCUT2D eigenvalue weighted by Crippen LogP contribution is -2.09. The number of nitrogens with zero attached hydrogens (tertiary/aromatic N) is 2. The van der Waals surface area contributed by atoms with Gasteiger partial charge in [0, 0.05) is 0 Å². The zero-order valence-electron chi connectivity index (χ0n) is 6.70. The third kappa shape index (κ3) is 1.40. The van der Waals surface area contributed by atoms with Crippen molar-refractivity contribution in [1.29, 1.82) is 0 Å². The number of H-pyrrole nitrogens is 1. The molecular weight excluding hydrogens is 208 g/mol. The topological polar surface area (TPSA) is 84.7 Å².